The normalized spacial score (nSPS) is 11.9. The second-order valence-corrected chi connectivity index (χ2v) is 13.2. The molecule has 0 heterocycles. The Hall–Kier alpha value is -3.86. The molecular weight excluding hydrogens is 412 g/mol. The van der Waals surface area contributed by atoms with Gasteiger partial charge in [-0.2, -0.15) is 0 Å². The van der Waals surface area contributed by atoms with E-state index in [0.29, 0.717) is 0 Å². The molecule has 0 unspecified atom stereocenters. The van der Waals surface area contributed by atoms with Gasteiger partial charge in [0.25, 0.3) is 0 Å². The highest BCUT2D eigenvalue weighted by Crippen LogP contribution is 2.32. The maximum atomic E-state index is 3.39. The lowest BCUT2D eigenvalue weighted by atomic mass is 10.0. The predicted molar refractivity (Wildman–Crippen MR) is 146 cm³/mol. The van der Waals surface area contributed by atoms with Crippen molar-refractivity contribution < 1.29 is 0 Å². The van der Waals surface area contributed by atoms with Crippen molar-refractivity contribution in [2.24, 2.45) is 0 Å². The van der Waals surface area contributed by atoms with Gasteiger partial charge in [0, 0.05) is 5.56 Å². The van der Waals surface area contributed by atoms with Gasteiger partial charge in [-0.3, -0.25) is 0 Å². The highest BCUT2D eigenvalue weighted by atomic mass is 28.3. The van der Waals surface area contributed by atoms with Gasteiger partial charge in [0.05, 0.1) is 0 Å². The van der Waals surface area contributed by atoms with E-state index in [-0.39, 0.29) is 0 Å². The highest BCUT2D eigenvalue weighted by molar-refractivity contribution is 7.07. The van der Waals surface area contributed by atoms with Crippen molar-refractivity contribution in [1.82, 2.24) is 0 Å². The van der Waals surface area contributed by atoms with Gasteiger partial charge in [-0.05, 0) is 61.8 Å². The zero-order valence-corrected chi connectivity index (χ0v) is 20.0. The Balaban J connectivity index is 1.77. The van der Waals surface area contributed by atoms with Crippen LogP contribution in [0, 0.1) is 11.8 Å². The summed E-state index contributed by atoms with van der Waals surface area (Å²) in [5, 5.41) is 8.14. The molecule has 0 radical (unpaired) electrons. The molecule has 5 aromatic rings. The Morgan fingerprint density at radius 2 is 1.15 bits per heavy atom. The molecule has 5 aromatic carbocycles. The first-order chi connectivity index (χ1) is 16.1. The first kappa shape index (κ1) is 21.0. The van der Waals surface area contributed by atoms with Crippen LogP contribution in [0.3, 0.4) is 0 Å². The topological polar surface area (TPSA) is 0 Å². The summed E-state index contributed by atoms with van der Waals surface area (Å²) >= 11 is 0. The molecule has 0 nitrogen and oxygen atoms in total. The van der Waals surface area contributed by atoms with Gasteiger partial charge >= 0.3 is 0 Å². The van der Waals surface area contributed by atoms with Gasteiger partial charge in [-0.1, -0.05) is 122 Å². The summed E-state index contributed by atoms with van der Waals surface area (Å²) in [6.07, 6.45) is 2.17. The fourth-order valence-electron chi connectivity index (χ4n) is 4.78. The number of fused-ring (bicyclic) bond motifs is 2. The van der Waals surface area contributed by atoms with Crippen LogP contribution < -0.4 is 5.19 Å². The lowest BCUT2D eigenvalue weighted by molar-refractivity contribution is 1.62. The lowest BCUT2D eigenvalue weighted by Gasteiger charge is -2.30. The number of hydrogen-bond donors (Lipinski definition) is 0. The van der Waals surface area contributed by atoms with Crippen LogP contribution in [0.5, 0.6) is 0 Å². The Bertz CT molecular complexity index is 1460. The molecule has 0 atom stereocenters. The SMILES string of the molecule is C[Si](C)(/C(=C/C#Cc1ccccc1)c1ccccc1)c1c2ccccc2cc2ccccc12. The van der Waals surface area contributed by atoms with Crippen molar-refractivity contribution in [2.45, 2.75) is 13.1 Å². The third kappa shape index (κ3) is 4.14. The highest BCUT2D eigenvalue weighted by Gasteiger charge is 2.32. The Labute approximate surface area is 197 Å². The van der Waals surface area contributed by atoms with E-state index in [9.17, 15) is 0 Å². The van der Waals surface area contributed by atoms with Crippen molar-refractivity contribution >= 4 is 40.0 Å². The summed E-state index contributed by atoms with van der Waals surface area (Å²) in [4.78, 5) is 0. The molecule has 0 N–H and O–H groups in total. The van der Waals surface area contributed by atoms with Crippen LogP contribution >= 0.6 is 0 Å². The molecule has 0 fully saturated rings. The zero-order valence-electron chi connectivity index (χ0n) is 19.0. The summed E-state index contributed by atoms with van der Waals surface area (Å²) in [5.41, 5.74) is 2.30. The lowest BCUT2D eigenvalue weighted by Crippen LogP contribution is -2.44. The first-order valence-corrected chi connectivity index (χ1v) is 14.4. The number of hydrogen-bond acceptors (Lipinski definition) is 0. The van der Waals surface area contributed by atoms with Crippen molar-refractivity contribution in [3.63, 3.8) is 0 Å². The molecule has 0 aliphatic heterocycles. The smallest absolute Gasteiger partial charge is 0.0697 e. The average molecular weight is 439 g/mol. The quantitative estimate of drug-likeness (QED) is 0.155. The number of allylic oxidation sites excluding steroid dienone is 1. The molecular formula is C32H26Si. The van der Waals surface area contributed by atoms with E-state index in [4.69, 9.17) is 0 Å². The molecule has 0 saturated carbocycles. The van der Waals surface area contributed by atoms with Gasteiger partial charge in [-0.15, -0.1) is 0 Å². The molecule has 0 aliphatic rings. The van der Waals surface area contributed by atoms with E-state index in [1.54, 1.807) is 0 Å². The number of rotatable bonds is 3. The maximum absolute atomic E-state index is 3.39. The van der Waals surface area contributed by atoms with Crippen molar-refractivity contribution in [3.8, 4) is 11.8 Å². The van der Waals surface area contributed by atoms with Crippen LogP contribution in [0.25, 0.3) is 26.7 Å². The van der Waals surface area contributed by atoms with Crippen LogP contribution in [0.15, 0.2) is 121 Å². The molecule has 0 bridgehead atoms. The van der Waals surface area contributed by atoms with Crippen LogP contribution in [-0.4, -0.2) is 8.07 Å². The van der Waals surface area contributed by atoms with Crippen LogP contribution in [0.4, 0.5) is 0 Å². The average Bonchev–Trinajstić information content (AvgIpc) is 2.86. The Kier molecular flexibility index (Phi) is 5.69. The van der Waals surface area contributed by atoms with E-state index >= 15 is 0 Å². The van der Waals surface area contributed by atoms with Crippen LogP contribution in [0.2, 0.25) is 13.1 Å². The minimum absolute atomic E-state index is 1.04. The van der Waals surface area contributed by atoms with Gasteiger partial charge in [0.1, 0.15) is 8.07 Å². The number of benzene rings is 5. The fourth-order valence-corrected chi connectivity index (χ4v) is 8.17. The van der Waals surface area contributed by atoms with Crippen molar-refractivity contribution in [3.05, 3.63) is 132 Å². The Morgan fingerprint density at radius 3 is 1.76 bits per heavy atom. The molecule has 33 heavy (non-hydrogen) atoms. The summed E-state index contributed by atoms with van der Waals surface area (Å²) in [6.45, 7) is 4.93. The van der Waals surface area contributed by atoms with Crippen LogP contribution in [0.1, 0.15) is 11.1 Å². The van der Waals surface area contributed by atoms with E-state index in [2.05, 4.69) is 128 Å². The molecule has 0 saturated heterocycles. The van der Waals surface area contributed by atoms with E-state index in [1.807, 2.05) is 18.2 Å². The second-order valence-electron chi connectivity index (χ2n) is 8.88. The standard InChI is InChI=1S/C32H26Si/c1-33(2,32-29-21-11-9-19-27(29)24-28-20-10-12-22-30(28)32)31(26-17-7-4-8-18-26)23-13-16-25-14-5-3-6-15-25/h3-12,14-15,17-24H,1-2H3/b31-23+. The molecule has 0 aromatic heterocycles. The largest absolute Gasteiger partial charge is 0.115 e. The van der Waals surface area contributed by atoms with Gasteiger partial charge in [0.15, 0.2) is 0 Å². The van der Waals surface area contributed by atoms with Gasteiger partial charge < -0.3 is 0 Å². The minimum atomic E-state index is -2.16. The maximum Gasteiger partial charge on any atom is 0.115 e. The van der Waals surface area contributed by atoms with E-state index in [1.165, 1.54) is 37.5 Å². The van der Waals surface area contributed by atoms with E-state index in [0.717, 1.165) is 5.56 Å². The third-order valence-corrected chi connectivity index (χ3v) is 9.93. The minimum Gasteiger partial charge on any atom is -0.0697 e. The molecule has 0 aliphatic carbocycles. The zero-order chi connectivity index (χ0) is 22.7. The van der Waals surface area contributed by atoms with Gasteiger partial charge in [-0.25, -0.2) is 0 Å². The van der Waals surface area contributed by atoms with Crippen molar-refractivity contribution in [2.75, 3.05) is 0 Å². The summed E-state index contributed by atoms with van der Waals surface area (Å²) in [5.74, 6) is 6.73. The molecule has 158 valence electrons. The fraction of sp³-hybridized carbons (Fsp3) is 0.0625. The predicted octanol–water partition coefficient (Wildman–Crippen LogP) is 7.58. The summed E-state index contributed by atoms with van der Waals surface area (Å²) < 4.78 is 0. The molecule has 0 amide bonds. The van der Waals surface area contributed by atoms with E-state index < -0.39 is 8.07 Å². The Morgan fingerprint density at radius 1 is 0.636 bits per heavy atom. The monoisotopic (exact) mass is 438 g/mol. The van der Waals surface area contributed by atoms with Gasteiger partial charge in [0.2, 0.25) is 0 Å². The van der Waals surface area contributed by atoms with Crippen molar-refractivity contribution in [1.29, 1.82) is 0 Å². The first-order valence-electron chi connectivity index (χ1n) is 11.4. The second kappa shape index (κ2) is 8.94. The van der Waals surface area contributed by atoms with Crippen LogP contribution in [-0.2, 0) is 0 Å². The summed E-state index contributed by atoms with van der Waals surface area (Å²) in [6, 6.07) is 40.9. The molecule has 5 rings (SSSR count). The molecule has 0 spiro atoms. The summed E-state index contributed by atoms with van der Waals surface area (Å²) in [7, 11) is -2.16. The molecule has 1 heteroatoms. The third-order valence-electron chi connectivity index (χ3n) is 6.36.